The van der Waals surface area contributed by atoms with E-state index in [9.17, 15) is 13.2 Å². The summed E-state index contributed by atoms with van der Waals surface area (Å²) >= 11 is 0. The second-order valence-electron chi connectivity index (χ2n) is 9.17. The number of ether oxygens (including phenoxy) is 2. The minimum atomic E-state index is -3.51. The molecule has 188 valence electrons. The summed E-state index contributed by atoms with van der Waals surface area (Å²) < 4.78 is 37.0. The SMILES string of the molecule is COc1cc(C)c(S(=O)(=O)C(C)CCOCC(=O)N2CCN(CCCN(C)C)CC2)c(C)c1. The maximum atomic E-state index is 13.1. The number of hydrogen-bond acceptors (Lipinski definition) is 7. The Morgan fingerprint density at radius 3 is 2.27 bits per heavy atom. The molecule has 0 bridgehead atoms. The van der Waals surface area contributed by atoms with E-state index in [4.69, 9.17) is 9.47 Å². The zero-order chi connectivity index (χ0) is 24.6. The molecular weight excluding hydrogens is 442 g/mol. The van der Waals surface area contributed by atoms with Crippen molar-refractivity contribution in [3.8, 4) is 5.75 Å². The van der Waals surface area contributed by atoms with Gasteiger partial charge in [-0.1, -0.05) is 0 Å². The largest absolute Gasteiger partial charge is 0.497 e. The Hall–Kier alpha value is -1.68. The number of amides is 1. The van der Waals surface area contributed by atoms with Gasteiger partial charge in [0.15, 0.2) is 9.84 Å². The average molecular weight is 484 g/mol. The Morgan fingerprint density at radius 2 is 1.73 bits per heavy atom. The molecule has 0 spiro atoms. The highest BCUT2D eigenvalue weighted by Crippen LogP contribution is 2.29. The van der Waals surface area contributed by atoms with Gasteiger partial charge in [0.1, 0.15) is 12.4 Å². The number of benzene rings is 1. The monoisotopic (exact) mass is 483 g/mol. The Morgan fingerprint density at radius 1 is 1.12 bits per heavy atom. The number of carbonyl (C=O) groups excluding carboxylic acids is 1. The lowest BCUT2D eigenvalue weighted by Crippen LogP contribution is -2.50. The molecule has 1 aliphatic rings. The van der Waals surface area contributed by atoms with E-state index in [0.29, 0.717) is 41.3 Å². The van der Waals surface area contributed by atoms with E-state index in [0.717, 1.165) is 32.6 Å². The summed E-state index contributed by atoms with van der Waals surface area (Å²) in [5.41, 5.74) is 1.35. The van der Waals surface area contributed by atoms with Crippen molar-refractivity contribution < 1.29 is 22.7 Å². The Balaban J connectivity index is 1.76. The summed E-state index contributed by atoms with van der Waals surface area (Å²) in [6.45, 7) is 10.8. The third-order valence-electron chi connectivity index (χ3n) is 6.18. The molecule has 0 saturated carbocycles. The first-order chi connectivity index (χ1) is 15.6. The third-order valence-corrected chi connectivity index (χ3v) is 8.69. The molecule has 33 heavy (non-hydrogen) atoms. The van der Waals surface area contributed by atoms with Gasteiger partial charge in [0.25, 0.3) is 0 Å². The number of nitrogens with zero attached hydrogens (tertiary/aromatic N) is 3. The number of methoxy groups -OCH3 is 1. The highest BCUT2D eigenvalue weighted by molar-refractivity contribution is 7.92. The summed E-state index contributed by atoms with van der Waals surface area (Å²) in [6, 6.07) is 3.48. The van der Waals surface area contributed by atoms with Gasteiger partial charge in [0.05, 0.1) is 17.3 Å². The van der Waals surface area contributed by atoms with Gasteiger partial charge >= 0.3 is 0 Å². The molecule has 0 aromatic heterocycles. The number of carbonyl (C=O) groups is 1. The molecule has 1 heterocycles. The first-order valence-electron chi connectivity index (χ1n) is 11.7. The second kappa shape index (κ2) is 12.7. The predicted octanol–water partition coefficient (Wildman–Crippen LogP) is 1.98. The fourth-order valence-electron chi connectivity index (χ4n) is 4.16. The van der Waals surface area contributed by atoms with E-state index in [1.807, 2.05) is 4.90 Å². The summed E-state index contributed by atoms with van der Waals surface area (Å²) in [4.78, 5) is 19.2. The zero-order valence-electron chi connectivity index (χ0n) is 21.1. The number of piperazine rings is 1. The van der Waals surface area contributed by atoms with Crippen LogP contribution in [-0.4, -0.2) is 108 Å². The highest BCUT2D eigenvalue weighted by Gasteiger charge is 2.27. The van der Waals surface area contributed by atoms with Crippen molar-refractivity contribution in [2.45, 2.75) is 43.8 Å². The standard InChI is InChI=1S/C24H41N3O5S/c1-19-16-22(31-6)17-20(2)24(19)33(29,30)21(3)8-15-32-18-23(28)27-13-11-26(12-14-27)10-7-9-25(4)5/h16-17,21H,7-15,18H2,1-6H3. The van der Waals surface area contributed by atoms with Gasteiger partial charge in [-0.05, 0) is 84.1 Å². The lowest BCUT2D eigenvalue weighted by molar-refractivity contribution is -0.137. The number of aryl methyl sites for hydroxylation is 2. The number of hydrogen-bond donors (Lipinski definition) is 0. The highest BCUT2D eigenvalue weighted by atomic mass is 32.2. The van der Waals surface area contributed by atoms with Crippen molar-refractivity contribution in [2.24, 2.45) is 0 Å². The van der Waals surface area contributed by atoms with Crippen molar-refractivity contribution in [1.29, 1.82) is 0 Å². The van der Waals surface area contributed by atoms with Crippen LogP contribution in [0.2, 0.25) is 0 Å². The molecular formula is C24H41N3O5S. The molecule has 0 aliphatic carbocycles. The van der Waals surface area contributed by atoms with Gasteiger partial charge < -0.3 is 19.3 Å². The molecule has 1 unspecified atom stereocenters. The summed E-state index contributed by atoms with van der Waals surface area (Å²) in [5.74, 6) is 0.619. The molecule has 0 radical (unpaired) electrons. The molecule has 1 atom stereocenters. The van der Waals surface area contributed by atoms with Crippen LogP contribution >= 0.6 is 0 Å². The molecule has 1 aliphatic heterocycles. The van der Waals surface area contributed by atoms with Crippen molar-refractivity contribution in [3.05, 3.63) is 23.3 Å². The fraction of sp³-hybridized carbons (Fsp3) is 0.708. The molecule has 1 aromatic rings. The predicted molar refractivity (Wildman–Crippen MR) is 131 cm³/mol. The van der Waals surface area contributed by atoms with Crippen LogP contribution in [0.4, 0.5) is 0 Å². The first-order valence-corrected chi connectivity index (χ1v) is 13.2. The molecule has 8 nitrogen and oxygen atoms in total. The Bertz CT molecular complexity index is 857. The van der Waals surface area contributed by atoms with E-state index < -0.39 is 15.1 Å². The summed E-state index contributed by atoms with van der Waals surface area (Å²) in [5, 5.41) is -0.607. The van der Waals surface area contributed by atoms with Crippen LogP contribution in [0.25, 0.3) is 0 Å². The molecule has 9 heteroatoms. The minimum Gasteiger partial charge on any atom is -0.497 e. The van der Waals surface area contributed by atoms with Gasteiger partial charge in [-0.3, -0.25) is 9.69 Å². The van der Waals surface area contributed by atoms with Crippen LogP contribution in [0.5, 0.6) is 5.75 Å². The third kappa shape index (κ3) is 7.95. The van der Waals surface area contributed by atoms with Gasteiger partial charge in [-0.15, -0.1) is 0 Å². The van der Waals surface area contributed by atoms with E-state index in [-0.39, 0.29) is 19.1 Å². The van der Waals surface area contributed by atoms with Crippen LogP contribution in [-0.2, 0) is 19.4 Å². The van der Waals surface area contributed by atoms with Crippen LogP contribution in [0.1, 0.15) is 30.9 Å². The topological polar surface area (TPSA) is 79.4 Å². The van der Waals surface area contributed by atoms with Crippen LogP contribution in [0.3, 0.4) is 0 Å². The van der Waals surface area contributed by atoms with Crippen molar-refractivity contribution in [2.75, 3.05) is 73.7 Å². The Kier molecular flexibility index (Phi) is 10.6. The lowest BCUT2D eigenvalue weighted by Gasteiger charge is -2.34. The van der Waals surface area contributed by atoms with E-state index >= 15 is 0 Å². The lowest BCUT2D eigenvalue weighted by atomic mass is 10.1. The van der Waals surface area contributed by atoms with Gasteiger partial charge in [-0.2, -0.15) is 0 Å². The summed E-state index contributed by atoms with van der Waals surface area (Å²) in [6.07, 6.45) is 1.46. The molecule has 0 N–H and O–H groups in total. The van der Waals surface area contributed by atoms with Gasteiger partial charge in [0, 0.05) is 32.8 Å². The molecule has 1 fully saturated rings. The number of sulfone groups is 1. The number of rotatable bonds is 12. The van der Waals surface area contributed by atoms with Crippen LogP contribution in [0, 0.1) is 13.8 Å². The smallest absolute Gasteiger partial charge is 0.248 e. The second-order valence-corrected chi connectivity index (χ2v) is 11.5. The molecule has 1 saturated heterocycles. The summed E-state index contributed by atoms with van der Waals surface area (Å²) in [7, 11) is 2.21. The van der Waals surface area contributed by atoms with Crippen molar-refractivity contribution >= 4 is 15.7 Å². The van der Waals surface area contributed by atoms with E-state index in [1.54, 1.807) is 40.0 Å². The average Bonchev–Trinajstić information content (AvgIpc) is 2.75. The maximum absolute atomic E-state index is 13.1. The molecule has 1 amide bonds. The van der Waals surface area contributed by atoms with Crippen LogP contribution in [0.15, 0.2) is 17.0 Å². The van der Waals surface area contributed by atoms with E-state index in [1.165, 1.54) is 0 Å². The maximum Gasteiger partial charge on any atom is 0.248 e. The van der Waals surface area contributed by atoms with E-state index in [2.05, 4.69) is 23.9 Å². The Labute approximate surface area is 199 Å². The molecule has 1 aromatic carbocycles. The minimum absolute atomic E-state index is 0.00596. The van der Waals surface area contributed by atoms with Crippen molar-refractivity contribution in [1.82, 2.24) is 14.7 Å². The fourth-order valence-corrected chi connectivity index (χ4v) is 5.99. The van der Waals surface area contributed by atoms with Crippen molar-refractivity contribution in [3.63, 3.8) is 0 Å². The zero-order valence-corrected chi connectivity index (χ0v) is 21.9. The molecule has 2 rings (SSSR count). The normalized spacial score (nSPS) is 16.3. The van der Waals surface area contributed by atoms with Gasteiger partial charge in [-0.25, -0.2) is 8.42 Å². The van der Waals surface area contributed by atoms with Crippen LogP contribution < -0.4 is 4.74 Å². The quantitative estimate of drug-likeness (QED) is 0.421. The van der Waals surface area contributed by atoms with Gasteiger partial charge in [0.2, 0.25) is 5.91 Å². The first kappa shape index (κ1) is 27.6.